The molecule has 0 aromatic heterocycles. The molecule has 6 heteroatoms. The highest BCUT2D eigenvalue weighted by Gasteiger charge is 2.26. The predicted octanol–water partition coefficient (Wildman–Crippen LogP) is 3.19. The second-order valence-corrected chi connectivity index (χ2v) is 7.35. The summed E-state index contributed by atoms with van der Waals surface area (Å²) in [6.45, 7) is 6.18. The van der Waals surface area contributed by atoms with E-state index >= 15 is 0 Å². The highest BCUT2D eigenvalue weighted by Crippen LogP contribution is 2.21. The molecule has 20 heavy (non-hydrogen) atoms. The molecule has 120 valence electrons. The summed E-state index contributed by atoms with van der Waals surface area (Å²) in [6.07, 6.45) is 5.78. The molecule has 0 atom stereocenters. The summed E-state index contributed by atoms with van der Waals surface area (Å²) in [5, 5.41) is 0. The van der Waals surface area contributed by atoms with E-state index in [2.05, 4.69) is 0 Å². The molecule has 0 aliphatic heterocycles. The number of carbonyl (C=O) groups is 1. The van der Waals surface area contributed by atoms with Crippen LogP contribution in [0.25, 0.3) is 0 Å². The lowest BCUT2D eigenvalue weighted by molar-refractivity contribution is -0.154. The van der Waals surface area contributed by atoms with Crippen molar-refractivity contribution < 1.29 is 22.5 Å². The van der Waals surface area contributed by atoms with E-state index in [1.807, 2.05) is 20.8 Å². The second kappa shape index (κ2) is 9.34. The first-order valence-electron chi connectivity index (χ1n) is 7.31. The summed E-state index contributed by atoms with van der Waals surface area (Å²) in [7, 11) is -3.81. The lowest BCUT2D eigenvalue weighted by atomic mass is 9.91. The predicted molar refractivity (Wildman–Crippen MR) is 79.1 cm³/mol. The number of carbonyl (C=O) groups excluding carboxylic acids is 1. The second-order valence-electron chi connectivity index (χ2n) is 5.78. The molecule has 0 rings (SSSR count). The molecule has 0 aliphatic rings. The fourth-order valence-corrected chi connectivity index (χ4v) is 2.17. The van der Waals surface area contributed by atoms with Gasteiger partial charge in [-0.15, -0.1) is 0 Å². The number of esters is 1. The van der Waals surface area contributed by atoms with Gasteiger partial charge in [0.15, 0.2) is 0 Å². The smallest absolute Gasteiger partial charge is 0.311 e. The van der Waals surface area contributed by atoms with Gasteiger partial charge >= 0.3 is 5.97 Å². The van der Waals surface area contributed by atoms with Crippen LogP contribution in [0.2, 0.25) is 0 Å². The van der Waals surface area contributed by atoms with Crippen LogP contribution in [0.5, 0.6) is 0 Å². The average Bonchev–Trinajstić information content (AvgIpc) is 2.35. The summed E-state index contributed by atoms with van der Waals surface area (Å²) in [5.74, 6) is -0.301. The molecule has 0 heterocycles. The number of ether oxygens (including phenoxy) is 1. The Hall–Kier alpha value is -0.620. The van der Waals surface area contributed by atoms with Gasteiger partial charge in [0.05, 0.1) is 17.8 Å². The molecule has 0 saturated carbocycles. The Balaban J connectivity index is 3.44. The first-order valence-corrected chi connectivity index (χ1v) is 8.92. The van der Waals surface area contributed by atoms with Gasteiger partial charge in [-0.3, -0.25) is 9.35 Å². The lowest BCUT2D eigenvalue weighted by Gasteiger charge is -2.20. The van der Waals surface area contributed by atoms with Crippen LogP contribution >= 0.6 is 0 Å². The standard InChI is InChI=1S/C14H28O5S/c1-4-14(2,3)13(15)19-11-9-7-5-6-8-10-12-20(16,17)18/h4-12H2,1-3H3,(H,16,17,18). The van der Waals surface area contributed by atoms with E-state index in [-0.39, 0.29) is 11.7 Å². The van der Waals surface area contributed by atoms with E-state index in [1.54, 1.807) is 0 Å². The van der Waals surface area contributed by atoms with E-state index in [9.17, 15) is 13.2 Å². The van der Waals surface area contributed by atoms with Crippen molar-refractivity contribution >= 4 is 16.1 Å². The third-order valence-electron chi connectivity index (χ3n) is 3.47. The Labute approximate surface area is 122 Å². The van der Waals surface area contributed by atoms with Gasteiger partial charge in [-0.05, 0) is 33.1 Å². The molecule has 0 spiro atoms. The van der Waals surface area contributed by atoms with E-state index in [0.29, 0.717) is 13.0 Å². The monoisotopic (exact) mass is 308 g/mol. The van der Waals surface area contributed by atoms with Gasteiger partial charge in [0, 0.05) is 0 Å². The Morgan fingerprint density at radius 1 is 1.05 bits per heavy atom. The zero-order chi connectivity index (χ0) is 15.6. The van der Waals surface area contributed by atoms with E-state index in [1.165, 1.54) is 0 Å². The van der Waals surface area contributed by atoms with Crippen molar-refractivity contribution in [3.8, 4) is 0 Å². The van der Waals surface area contributed by atoms with Crippen molar-refractivity contribution in [2.75, 3.05) is 12.4 Å². The van der Waals surface area contributed by atoms with Crippen LogP contribution in [0.15, 0.2) is 0 Å². The minimum Gasteiger partial charge on any atom is -0.465 e. The van der Waals surface area contributed by atoms with E-state index in [4.69, 9.17) is 9.29 Å². The molecule has 0 radical (unpaired) electrons. The van der Waals surface area contributed by atoms with Crippen LogP contribution in [0.3, 0.4) is 0 Å². The Morgan fingerprint density at radius 2 is 1.55 bits per heavy atom. The fourth-order valence-electron chi connectivity index (χ4n) is 1.60. The van der Waals surface area contributed by atoms with Gasteiger partial charge in [0.2, 0.25) is 0 Å². The van der Waals surface area contributed by atoms with Crippen LogP contribution in [0.4, 0.5) is 0 Å². The lowest BCUT2D eigenvalue weighted by Crippen LogP contribution is -2.26. The summed E-state index contributed by atoms with van der Waals surface area (Å²) >= 11 is 0. The molecule has 0 fully saturated rings. The van der Waals surface area contributed by atoms with Crippen molar-refractivity contribution in [2.45, 2.75) is 65.7 Å². The van der Waals surface area contributed by atoms with Gasteiger partial charge in [-0.2, -0.15) is 8.42 Å². The summed E-state index contributed by atoms with van der Waals surface area (Å²) in [5.41, 5.74) is -0.407. The van der Waals surface area contributed by atoms with E-state index in [0.717, 1.165) is 38.5 Å². The van der Waals surface area contributed by atoms with Gasteiger partial charge in [0.1, 0.15) is 0 Å². The minimum atomic E-state index is -3.81. The van der Waals surface area contributed by atoms with Crippen molar-refractivity contribution in [1.82, 2.24) is 0 Å². The number of rotatable bonds is 11. The van der Waals surface area contributed by atoms with Gasteiger partial charge in [0.25, 0.3) is 10.1 Å². The van der Waals surface area contributed by atoms with Gasteiger partial charge < -0.3 is 4.74 Å². The largest absolute Gasteiger partial charge is 0.465 e. The summed E-state index contributed by atoms with van der Waals surface area (Å²) < 4.78 is 34.7. The SMILES string of the molecule is CCC(C)(C)C(=O)OCCCCCCCCS(=O)(=O)O. The Morgan fingerprint density at radius 3 is 2.05 bits per heavy atom. The van der Waals surface area contributed by atoms with Gasteiger partial charge in [-0.1, -0.05) is 32.6 Å². The minimum absolute atomic E-state index is 0.145. The zero-order valence-corrected chi connectivity index (χ0v) is 13.7. The first kappa shape index (κ1) is 19.4. The average molecular weight is 308 g/mol. The highest BCUT2D eigenvalue weighted by molar-refractivity contribution is 7.85. The molecule has 5 nitrogen and oxygen atoms in total. The number of hydrogen-bond acceptors (Lipinski definition) is 4. The Kier molecular flexibility index (Phi) is 9.05. The van der Waals surface area contributed by atoms with Crippen LogP contribution in [-0.2, 0) is 19.6 Å². The molecule has 0 aromatic rings. The topological polar surface area (TPSA) is 80.7 Å². The van der Waals surface area contributed by atoms with Crippen molar-refractivity contribution in [3.05, 3.63) is 0 Å². The molecule has 0 bridgehead atoms. The molecule has 0 amide bonds. The molecule has 0 aromatic carbocycles. The molecular formula is C14H28O5S. The zero-order valence-electron chi connectivity index (χ0n) is 12.9. The van der Waals surface area contributed by atoms with E-state index < -0.39 is 15.5 Å². The summed E-state index contributed by atoms with van der Waals surface area (Å²) in [4.78, 5) is 11.7. The molecule has 0 unspecified atom stereocenters. The van der Waals surface area contributed by atoms with Crippen molar-refractivity contribution in [1.29, 1.82) is 0 Å². The van der Waals surface area contributed by atoms with Crippen molar-refractivity contribution in [2.24, 2.45) is 5.41 Å². The van der Waals surface area contributed by atoms with Crippen molar-refractivity contribution in [3.63, 3.8) is 0 Å². The quantitative estimate of drug-likeness (QED) is 0.360. The van der Waals surface area contributed by atoms with Gasteiger partial charge in [-0.25, -0.2) is 0 Å². The molecule has 1 N–H and O–H groups in total. The summed E-state index contributed by atoms with van der Waals surface area (Å²) in [6, 6.07) is 0. The molecule has 0 saturated heterocycles. The highest BCUT2D eigenvalue weighted by atomic mass is 32.2. The molecular weight excluding hydrogens is 280 g/mol. The molecule has 0 aliphatic carbocycles. The normalized spacial score (nSPS) is 12.4. The number of hydrogen-bond donors (Lipinski definition) is 1. The fraction of sp³-hybridized carbons (Fsp3) is 0.929. The third-order valence-corrected chi connectivity index (χ3v) is 4.27. The Bertz CT molecular complexity index is 373. The maximum absolute atomic E-state index is 11.7. The van der Waals surface area contributed by atoms with Crippen LogP contribution in [-0.4, -0.2) is 31.3 Å². The van der Waals surface area contributed by atoms with Crippen LogP contribution in [0, 0.1) is 5.41 Å². The number of unbranched alkanes of at least 4 members (excludes halogenated alkanes) is 5. The van der Waals surface area contributed by atoms with Crippen LogP contribution < -0.4 is 0 Å². The van der Waals surface area contributed by atoms with Crippen LogP contribution in [0.1, 0.15) is 65.7 Å². The third kappa shape index (κ3) is 10.2. The maximum atomic E-state index is 11.7. The first-order chi connectivity index (χ1) is 9.19. The maximum Gasteiger partial charge on any atom is 0.311 e.